The highest BCUT2D eigenvalue weighted by molar-refractivity contribution is 7.89. The highest BCUT2D eigenvalue weighted by Crippen LogP contribution is 2.28. The lowest BCUT2D eigenvalue weighted by molar-refractivity contribution is 0.231. The molecule has 2 aliphatic rings. The van der Waals surface area contributed by atoms with Crippen LogP contribution < -0.4 is 11.1 Å². The minimum atomic E-state index is -3.38. The molecule has 1 spiro atoms. The number of benzene rings is 1. The largest absolute Gasteiger partial charge is 0.370 e. The van der Waals surface area contributed by atoms with Crippen molar-refractivity contribution in [3.8, 4) is 0 Å². The van der Waals surface area contributed by atoms with Crippen LogP contribution in [0.1, 0.15) is 12.8 Å². The Morgan fingerprint density at radius 3 is 2.40 bits per heavy atom. The molecule has 2 heterocycles. The van der Waals surface area contributed by atoms with E-state index in [0.29, 0.717) is 30.5 Å². The van der Waals surface area contributed by atoms with Crippen LogP contribution >= 0.6 is 0 Å². The van der Waals surface area contributed by atoms with Gasteiger partial charge in [-0.3, -0.25) is 4.99 Å². The Labute approximate surface area is 118 Å². The van der Waals surface area contributed by atoms with Crippen LogP contribution in [-0.2, 0) is 10.0 Å². The molecule has 1 fully saturated rings. The van der Waals surface area contributed by atoms with Crippen LogP contribution in [0.2, 0.25) is 0 Å². The zero-order valence-electron chi connectivity index (χ0n) is 11.1. The molecule has 0 atom stereocenters. The van der Waals surface area contributed by atoms with Gasteiger partial charge in [0, 0.05) is 13.1 Å². The van der Waals surface area contributed by atoms with E-state index in [2.05, 4.69) is 10.3 Å². The van der Waals surface area contributed by atoms with E-state index >= 15 is 0 Å². The van der Waals surface area contributed by atoms with Crippen molar-refractivity contribution in [2.24, 2.45) is 10.7 Å². The van der Waals surface area contributed by atoms with Crippen molar-refractivity contribution in [1.29, 1.82) is 0 Å². The summed E-state index contributed by atoms with van der Waals surface area (Å²) in [6.45, 7) is 1.62. The van der Waals surface area contributed by atoms with Gasteiger partial charge >= 0.3 is 0 Å². The first-order valence-electron chi connectivity index (χ1n) is 6.65. The van der Waals surface area contributed by atoms with Crippen molar-refractivity contribution in [1.82, 2.24) is 9.62 Å². The predicted molar refractivity (Wildman–Crippen MR) is 76.8 cm³/mol. The summed E-state index contributed by atoms with van der Waals surface area (Å²) in [5, 5.41) is 3.19. The normalized spacial score (nSPS) is 22.5. The van der Waals surface area contributed by atoms with Crippen molar-refractivity contribution in [2.75, 3.05) is 19.6 Å². The van der Waals surface area contributed by atoms with Crippen molar-refractivity contribution < 1.29 is 8.42 Å². The smallest absolute Gasteiger partial charge is 0.243 e. The maximum Gasteiger partial charge on any atom is 0.243 e. The van der Waals surface area contributed by atoms with Gasteiger partial charge in [0.15, 0.2) is 5.96 Å². The number of sulfonamides is 1. The molecule has 2 aliphatic heterocycles. The second-order valence-electron chi connectivity index (χ2n) is 5.32. The predicted octanol–water partition coefficient (Wildman–Crippen LogP) is 0.128. The fourth-order valence-electron chi connectivity index (χ4n) is 2.77. The van der Waals surface area contributed by atoms with Gasteiger partial charge in [-0.2, -0.15) is 4.31 Å². The van der Waals surface area contributed by atoms with Crippen LogP contribution in [0, 0.1) is 0 Å². The van der Waals surface area contributed by atoms with Gasteiger partial charge in [0.1, 0.15) is 0 Å². The maximum atomic E-state index is 12.5. The van der Waals surface area contributed by atoms with Gasteiger partial charge in [0.25, 0.3) is 0 Å². The average molecular weight is 294 g/mol. The third-order valence-corrected chi connectivity index (χ3v) is 5.92. The summed E-state index contributed by atoms with van der Waals surface area (Å²) in [5.41, 5.74) is 5.51. The zero-order valence-corrected chi connectivity index (χ0v) is 11.9. The molecule has 0 radical (unpaired) electrons. The molecule has 6 nitrogen and oxygen atoms in total. The van der Waals surface area contributed by atoms with E-state index in [4.69, 9.17) is 5.73 Å². The molecule has 0 saturated carbocycles. The van der Waals surface area contributed by atoms with Gasteiger partial charge in [0.2, 0.25) is 10.0 Å². The molecule has 3 N–H and O–H groups in total. The minimum absolute atomic E-state index is 0.146. The number of nitrogens with one attached hydrogen (secondary N) is 1. The molecule has 1 saturated heterocycles. The molecule has 20 heavy (non-hydrogen) atoms. The Balaban J connectivity index is 1.73. The van der Waals surface area contributed by atoms with E-state index in [1.807, 2.05) is 6.07 Å². The fourth-order valence-corrected chi connectivity index (χ4v) is 4.23. The molecule has 0 aromatic heterocycles. The number of nitrogens with two attached hydrogens (primary N) is 1. The van der Waals surface area contributed by atoms with Crippen LogP contribution in [0.15, 0.2) is 40.2 Å². The Morgan fingerprint density at radius 1 is 1.20 bits per heavy atom. The first kappa shape index (κ1) is 13.4. The topological polar surface area (TPSA) is 87.8 Å². The van der Waals surface area contributed by atoms with E-state index in [1.54, 1.807) is 28.6 Å². The van der Waals surface area contributed by atoms with E-state index in [1.165, 1.54) is 0 Å². The second-order valence-corrected chi connectivity index (χ2v) is 7.26. The van der Waals surface area contributed by atoms with Crippen LogP contribution in [0.5, 0.6) is 0 Å². The van der Waals surface area contributed by atoms with E-state index < -0.39 is 10.0 Å². The summed E-state index contributed by atoms with van der Waals surface area (Å²) in [6.07, 6.45) is 1.45. The zero-order chi connectivity index (χ0) is 14.2. The monoisotopic (exact) mass is 294 g/mol. The molecule has 0 unspecified atom stereocenters. The average Bonchev–Trinajstić information content (AvgIpc) is 2.81. The molecule has 108 valence electrons. The number of rotatable bonds is 2. The standard InChI is InChI=1S/C13H18N4O2S/c14-12-15-10-13(16-12)6-8-17(9-7-13)20(18,19)11-4-2-1-3-5-11/h1-5H,6-10H2,(H3,14,15,16). The summed E-state index contributed by atoms with van der Waals surface area (Å²) in [4.78, 5) is 4.53. The number of piperidine rings is 1. The van der Waals surface area contributed by atoms with Crippen LogP contribution in [0.25, 0.3) is 0 Å². The molecule has 0 amide bonds. The lowest BCUT2D eigenvalue weighted by Gasteiger charge is -2.38. The van der Waals surface area contributed by atoms with Crippen LogP contribution in [0.3, 0.4) is 0 Å². The first-order chi connectivity index (χ1) is 9.52. The molecule has 3 rings (SSSR count). The van der Waals surface area contributed by atoms with Gasteiger partial charge in [0.05, 0.1) is 17.0 Å². The molecule has 7 heteroatoms. The van der Waals surface area contributed by atoms with Crippen LogP contribution in [0.4, 0.5) is 0 Å². The molecule has 1 aromatic carbocycles. The van der Waals surface area contributed by atoms with Crippen molar-refractivity contribution in [3.05, 3.63) is 30.3 Å². The highest BCUT2D eigenvalue weighted by atomic mass is 32.2. The number of hydrogen-bond donors (Lipinski definition) is 2. The fraction of sp³-hybridized carbons (Fsp3) is 0.462. The summed E-state index contributed by atoms with van der Waals surface area (Å²) in [5.74, 6) is 0.462. The summed E-state index contributed by atoms with van der Waals surface area (Å²) >= 11 is 0. The van der Waals surface area contributed by atoms with Gasteiger partial charge in [-0.15, -0.1) is 0 Å². The van der Waals surface area contributed by atoms with Gasteiger partial charge < -0.3 is 11.1 Å². The lowest BCUT2D eigenvalue weighted by atomic mass is 9.89. The number of aliphatic imine (C=N–C) groups is 1. The maximum absolute atomic E-state index is 12.5. The summed E-state index contributed by atoms with van der Waals surface area (Å²) < 4.78 is 26.6. The molecule has 0 aliphatic carbocycles. The van der Waals surface area contributed by atoms with E-state index in [0.717, 1.165) is 12.8 Å². The number of nitrogens with zero attached hydrogens (tertiary/aromatic N) is 2. The highest BCUT2D eigenvalue weighted by Gasteiger charge is 2.40. The Bertz CT molecular complexity index is 619. The number of hydrogen-bond acceptors (Lipinski definition) is 5. The van der Waals surface area contributed by atoms with Crippen molar-refractivity contribution in [3.63, 3.8) is 0 Å². The number of guanidine groups is 1. The van der Waals surface area contributed by atoms with E-state index in [-0.39, 0.29) is 5.54 Å². The van der Waals surface area contributed by atoms with Crippen molar-refractivity contribution in [2.45, 2.75) is 23.3 Å². The lowest BCUT2D eigenvalue weighted by Crippen LogP contribution is -2.55. The van der Waals surface area contributed by atoms with Crippen molar-refractivity contribution >= 4 is 16.0 Å². The third kappa shape index (κ3) is 2.27. The minimum Gasteiger partial charge on any atom is -0.370 e. The summed E-state index contributed by atoms with van der Waals surface area (Å²) in [6, 6.07) is 8.56. The molecular formula is C13H18N4O2S. The van der Waals surface area contributed by atoms with E-state index in [9.17, 15) is 8.42 Å². The van der Waals surface area contributed by atoms with Gasteiger partial charge in [-0.25, -0.2) is 8.42 Å². The molecule has 0 bridgehead atoms. The Kier molecular flexibility index (Phi) is 3.18. The summed E-state index contributed by atoms with van der Waals surface area (Å²) in [7, 11) is -3.38. The third-order valence-electron chi connectivity index (χ3n) is 4.01. The Hall–Kier alpha value is -1.60. The molecular weight excluding hydrogens is 276 g/mol. The quantitative estimate of drug-likeness (QED) is 0.811. The molecule has 1 aromatic rings. The second kappa shape index (κ2) is 4.75. The SMILES string of the molecule is NC1=NCC2(CCN(S(=O)(=O)c3ccccc3)CC2)N1. The Morgan fingerprint density at radius 2 is 1.85 bits per heavy atom. The van der Waals surface area contributed by atoms with Gasteiger partial charge in [-0.05, 0) is 25.0 Å². The van der Waals surface area contributed by atoms with Crippen LogP contribution in [-0.4, -0.2) is 43.9 Å². The van der Waals surface area contributed by atoms with Gasteiger partial charge in [-0.1, -0.05) is 18.2 Å². The first-order valence-corrected chi connectivity index (χ1v) is 8.09.